The van der Waals surface area contributed by atoms with Crippen LogP contribution in [0.3, 0.4) is 0 Å². The van der Waals surface area contributed by atoms with Crippen molar-refractivity contribution in [3.63, 3.8) is 0 Å². The van der Waals surface area contributed by atoms with Gasteiger partial charge in [-0.2, -0.15) is 0 Å². The second-order valence-corrected chi connectivity index (χ2v) is 4.40. The van der Waals surface area contributed by atoms with Crippen molar-refractivity contribution in [3.8, 4) is 11.5 Å². The van der Waals surface area contributed by atoms with E-state index in [0.29, 0.717) is 0 Å². The Bertz CT molecular complexity index is 310. The predicted octanol–water partition coefficient (Wildman–Crippen LogP) is 2.34. The molecular formula is C8H10O4S4. The standard InChI is InChI=1S/C6H6O2S4.C2H4O2/c7-1-3(9)5(11)2(8)6(12)4(1)10;1-2(3)4/h7-12H;1H3,(H,3,4). The Balaban J connectivity index is 0.000000487. The Labute approximate surface area is 114 Å². The molecule has 0 spiro atoms. The van der Waals surface area contributed by atoms with Crippen molar-refractivity contribution < 1.29 is 20.1 Å². The van der Waals surface area contributed by atoms with Gasteiger partial charge in [-0.1, -0.05) is 0 Å². The van der Waals surface area contributed by atoms with Crippen LogP contribution in [0.2, 0.25) is 0 Å². The molecule has 1 rings (SSSR count). The second kappa shape index (κ2) is 6.43. The van der Waals surface area contributed by atoms with E-state index < -0.39 is 5.97 Å². The molecular weight excluding hydrogens is 288 g/mol. The lowest BCUT2D eigenvalue weighted by Crippen LogP contribution is -1.81. The molecule has 0 amide bonds. The van der Waals surface area contributed by atoms with Gasteiger partial charge < -0.3 is 15.3 Å². The first-order valence-electron chi connectivity index (χ1n) is 3.77. The molecule has 0 aliphatic heterocycles. The summed E-state index contributed by atoms with van der Waals surface area (Å²) in [5.41, 5.74) is 0. The van der Waals surface area contributed by atoms with E-state index in [2.05, 4.69) is 50.5 Å². The van der Waals surface area contributed by atoms with Crippen molar-refractivity contribution >= 4 is 56.5 Å². The lowest BCUT2D eigenvalue weighted by atomic mass is 10.3. The number of thiol groups is 4. The normalized spacial score (nSPS) is 9.31. The highest BCUT2D eigenvalue weighted by Crippen LogP contribution is 2.45. The van der Waals surface area contributed by atoms with Gasteiger partial charge in [0.15, 0.2) is 0 Å². The van der Waals surface area contributed by atoms with Crippen molar-refractivity contribution in [1.29, 1.82) is 0 Å². The number of carboxylic acids is 1. The van der Waals surface area contributed by atoms with Crippen LogP contribution >= 0.6 is 50.5 Å². The number of hydrogen-bond donors (Lipinski definition) is 7. The smallest absolute Gasteiger partial charge is 0.300 e. The third-order valence-electron chi connectivity index (χ3n) is 1.35. The molecule has 0 saturated heterocycles. The number of carboxylic acid groups (broad SMARTS) is 1. The summed E-state index contributed by atoms with van der Waals surface area (Å²) in [5, 5.41) is 26.1. The van der Waals surface area contributed by atoms with Gasteiger partial charge in [0, 0.05) is 6.92 Å². The van der Waals surface area contributed by atoms with Crippen LogP contribution in [0.1, 0.15) is 6.92 Å². The van der Waals surface area contributed by atoms with Crippen LogP contribution in [0.5, 0.6) is 11.5 Å². The van der Waals surface area contributed by atoms with Gasteiger partial charge in [0.1, 0.15) is 11.5 Å². The first-order chi connectivity index (χ1) is 7.20. The summed E-state index contributed by atoms with van der Waals surface area (Å²) in [7, 11) is 0. The van der Waals surface area contributed by atoms with Crippen molar-refractivity contribution in [2.75, 3.05) is 0 Å². The number of rotatable bonds is 0. The molecule has 0 saturated carbocycles. The van der Waals surface area contributed by atoms with Gasteiger partial charge in [0.05, 0.1) is 19.6 Å². The zero-order chi connectivity index (χ0) is 13.0. The van der Waals surface area contributed by atoms with Gasteiger partial charge in [-0.05, 0) is 0 Å². The first kappa shape index (κ1) is 15.7. The molecule has 0 aliphatic rings. The van der Waals surface area contributed by atoms with Crippen LogP contribution in [0.25, 0.3) is 0 Å². The van der Waals surface area contributed by atoms with Gasteiger partial charge in [-0.15, -0.1) is 50.5 Å². The molecule has 0 atom stereocenters. The van der Waals surface area contributed by atoms with E-state index in [1.807, 2.05) is 0 Å². The number of phenolic OH excluding ortho intramolecular Hbond substituents is 2. The summed E-state index contributed by atoms with van der Waals surface area (Å²) in [6.45, 7) is 1.08. The molecule has 0 heterocycles. The molecule has 8 heteroatoms. The van der Waals surface area contributed by atoms with Gasteiger partial charge in [-0.3, -0.25) is 4.79 Å². The van der Waals surface area contributed by atoms with Crippen molar-refractivity contribution in [2.45, 2.75) is 26.5 Å². The van der Waals surface area contributed by atoms with E-state index >= 15 is 0 Å². The number of hydrogen-bond acceptors (Lipinski definition) is 7. The summed E-state index contributed by atoms with van der Waals surface area (Å²) >= 11 is 15.7. The molecule has 3 N–H and O–H groups in total. The van der Waals surface area contributed by atoms with Crippen LogP contribution in [-0.2, 0) is 4.79 Å². The lowest BCUT2D eigenvalue weighted by Gasteiger charge is -2.09. The van der Waals surface area contributed by atoms with Crippen LogP contribution in [0.4, 0.5) is 0 Å². The summed E-state index contributed by atoms with van der Waals surface area (Å²) in [4.78, 5) is 9.77. The highest BCUT2D eigenvalue weighted by Gasteiger charge is 2.15. The first-order valence-corrected chi connectivity index (χ1v) is 5.56. The fraction of sp³-hybridized carbons (Fsp3) is 0.125. The van der Waals surface area contributed by atoms with E-state index in [-0.39, 0.29) is 31.1 Å². The molecule has 1 aromatic carbocycles. The topological polar surface area (TPSA) is 77.8 Å². The molecule has 4 nitrogen and oxygen atoms in total. The number of aliphatic carboxylic acids is 1. The van der Waals surface area contributed by atoms with E-state index in [4.69, 9.17) is 9.90 Å². The van der Waals surface area contributed by atoms with Crippen molar-refractivity contribution in [3.05, 3.63) is 0 Å². The van der Waals surface area contributed by atoms with Crippen LogP contribution in [-0.4, -0.2) is 21.3 Å². The minimum atomic E-state index is -0.833. The minimum Gasteiger partial charge on any atom is -0.506 e. The largest absolute Gasteiger partial charge is 0.506 e. The molecule has 0 radical (unpaired) electrons. The second-order valence-electron chi connectivity index (χ2n) is 2.61. The predicted molar refractivity (Wildman–Crippen MR) is 72.1 cm³/mol. The zero-order valence-electron chi connectivity index (χ0n) is 8.04. The van der Waals surface area contributed by atoms with Gasteiger partial charge in [0.25, 0.3) is 5.97 Å². The van der Waals surface area contributed by atoms with Crippen molar-refractivity contribution in [1.82, 2.24) is 0 Å². The van der Waals surface area contributed by atoms with E-state index in [9.17, 15) is 10.2 Å². The van der Waals surface area contributed by atoms with Crippen LogP contribution in [0.15, 0.2) is 19.6 Å². The molecule has 0 fully saturated rings. The third kappa shape index (κ3) is 3.93. The maximum Gasteiger partial charge on any atom is 0.300 e. The maximum atomic E-state index is 9.33. The third-order valence-corrected chi connectivity index (χ3v) is 3.44. The molecule has 1 aromatic rings. The van der Waals surface area contributed by atoms with Crippen molar-refractivity contribution in [2.24, 2.45) is 0 Å². The quantitative estimate of drug-likeness (QED) is 0.296. The van der Waals surface area contributed by atoms with E-state index in [1.54, 1.807) is 0 Å². The molecule has 0 aliphatic carbocycles. The highest BCUT2D eigenvalue weighted by molar-refractivity contribution is 7.85. The molecule has 0 bridgehead atoms. The van der Waals surface area contributed by atoms with Crippen LogP contribution in [0, 0.1) is 0 Å². The minimum absolute atomic E-state index is 0.130. The average molecular weight is 298 g/mol. The van der Waals surface area contributed by atoms with E-state index in [1.165, 1.54) is 0 Å². The van der Waals surface area contributed by atoms with Gasteiger partial charge in [0.2, 0.25) is 0 Å². The Morgan fingerprint density at radius 1 is 0.875 bits per heavy atom. The maximum absolute atomic E-state index is 9.33. The fourth-order valence-electron chi connectivity index (χ4n) is 0.673. The van der Waals surface area contributed by atoms with Gasteiger partial charge in [-0.25, -0.2) is 0 Å². The Morgan fingerprint density at radius 3 is 1.12 bits per heavy atom. The highest BCUT2D eigenvalue weighted by atomic mass is 32.1. The number of phenols is 2. The summed E-state index contributed by atoms with van der Waals surface area (Å²) < 4.78 is 0. The molecule has 16 heavy (non-hydrogen) atoms. The van der Waals surface area contributed by atoms with Gasteiger partial charge >= 0.3 is 0 Å². The fourth-order valence-corrected chi connectivity index (χ4v) is 1.72. The van der Waals surface area contributed by atoms with E-state index in [0.717, 1.165) is 6.92 Å². The summed E-state index contributed by atoms with van der Waals surface area (Å²) in [6.07, 6.45) is 0. The Hall–Kier alpha value is -0.310. The Kier molecular flexibility index (Phi) is 6.31. The number of carbonyl (C=O) groups is 1. The molecule has 0 unspecified atom stereocenters. The Morgan fingerprint density at radius 2 is 1.00 bits per heavy atom. The number of aromatic hydroxyl groups is 2. The number of benzene rings is 1. The lowest BCUT2D eigenvalue weighted by molar-refractivity contribution is -0.134. The summed E-state index contributed by atoms with van der Waals surface area (Å²) in [5.74, 6) is -1.09. The monoisotopic (exact) mass is 298 g/mol. The molecule has 90 valence electrons. The van der Waals surface area contributed by atoms with Crippen LogP contribution < -0.4 is 0 Å². The average Bonchev–Trinajstić information content (AvgIpc) is 2.20. The summed E-state index contributed by atoms with van der Waals surface area (Å²) in [6, 6.07) is 0. The molecule has 0 aromatic heterocycles. The SMILES string of the molecule is CC(=O)O.Oc1c(S)c(S)c(O)c(S)c1S. The zero-order valence-corrected chi connectivity index (χ0v) is 11.6.